The third kappa shape index (κ3) is 4.77. The van der Waals surface area contributed by atoms with E-state index >= 15 is 0 Å². The number of esters is 1. The van der Waals surface area contributed by atoms with Crippen molar-refractivity contribution in [3.05, 3.63) is 110 Å². The van der Waals surface area contributed by atoms with Crippen molar-refractivity contribution in [3.63, 3.8) is 0 Å². The molecule has 2 heterocycles. The summed E-state index contributed by atoms with van der Waals surface area (Å²) in [5.74, 6) is -0.700. The highest BCUT2D eigenvalue weighted by Crippen LogP contribution is 2.41. The Balaban J connectivity index is 1.61. The number of ether oxygens (including phenoxy) is 1. The summed E-state index contributed by atoms with van der Waals surface area (Å²) in [5, 5.41) is 13.8. The summed E-state index contributed by atoms with van der Waals surface area (Å²) in [6, 6.07) is 23.9. The van der Waals surface area contributed by atoms with Gasteiger partial charge >= 0.3 is 5.97 Å². The molecular formula is C30H25BrN2O3S. The first kappa shape index (κ1) is 25.1. The minimum atomic E-state index is -0.586. The topological polar surface area (TPSA) is 63.8 Å². The number of aliphatic imine (C=N–C) groups is 1. The molecule has 0 radical (unpaired) electrons. The van der Waals surface area contributed by atoms with Crippen LogP contribution in [0.5, 0.6) is 0 Å². The Morgan fingerprint density at radius 2 is 1.76 bits per heavy atom. The molecular weight excluding hydrogens is 548 g/mol. The highest BCUT2D eigenvalue weighted by molar-refractivity contribution is 9.10. The van der Waals surface area contributed by atoms with Gasteiger partial charge in [-0.1, -0.05) is 70.2 Å². The Morgan fingerprint density at radius 1 is 1.05 bits per heavy atom. The van der Waals surface area contributed by atoms with Gasteiger partial charge in [-0.3, -0.25) is 0 Å². The van der Waals surface area contributed by atoms with Crippen LogP contribution in [0.15, 0.2) is 98.5 Å². The van der Waals surface area contributed by atoms with Gasteiger partial charge in [0.15, 0.2) is 0 Å². The molecule has 5 nitrogen and oxygen atoms in total. The number of aryl methyl sites for hydroxylation is 1. The second-order valence-electron chi connectivity index (χ2n) is 8.58. The van der Waals surface area contributed by atoms with Crippen LogP contribution in [0.4, 0.5) is 5.69 Å². The van der Waals surface area contributed by atoms with E-state index in [0.29, 0.717) is 15.6 Å². The summed E-state index contributed by atoms with van der Waals surface area (Å²) in [6.45, 7) is 6.07. The zero-order chi connectivity index (χ0) is 26.1. The second-order valence-corrected chi connectivity index (χ2v) is 10.5. The van der Waals surface area contributed by atoms with Crippen molar-refractivity contribution in [1.29, 1.82) is 0 Å². The van der Waals surface area contributed by atoms with E-state index in [4.69, 9.17) is 4.74 Å². The van der Waals surface area contributed by atoms with Crippen molar-refractivity contribution < 1.29 is 14.6 Å². The van der Waals surface area contributed by atoms with Crippen molar-refractivity contribution in [3.8, 4) is 5.69 Å². The molecule has 1 N–H and O–H groups in total. The van der Waals surface area contributed by atoms with Gasteiger partial charge < -0.3 is 14.4 Å². The predicted octanol–water partition coefficient (Wildman–Crippen LogP) is 8.20. The van der Waals surface area contributed by atoms with Crippen LogP contribution < -0.4 is 0 Å². The molecule has 0 bridgehead atoms. The van der Waals surface area contributed by atoms with E-state index in [1.54, 1.807) is 6.92 Å². The third-order valence-electron chi connectivity index (χ3n) is 6.20. The van der Waals surface area contributed by atoms with Crippen LogP contribution in [0.1, 0.15) is 23.9 Å². The van der Waals surface area contributed by atoms with Gasteiger partial charge in [0.1, 0.15) is 16.4 Å². The van der Waals surface area contributed by atoms with Gasteiger partial charge in [-0.25, -0.2) is 9.79 Å². The molecule has 0 unspecified atom stereocenters. The van der Waals surface area contributed by atoms with E-state index in [9.17, 15) is 9.90 Å². The number of aliphatic hydroxyl groups is 1. The van der Waals surface area contributed by atoms with E-state index in [0.717, 1.165) is 37.9 Å². The number of para-hydroxylation sites is 1. The number of nitrogens with zero attached hydrogens (tertiary/aromatic N) is 2. The lowest BCUT2D eigenvalue weighted by molar-refractivity contribution is -0.138. The molecule has 0 fully saturated rings. The summed E-state index contributed by atoms with van der Waals surface area (Å²) in [7, 11) is 0. The maximum atomic E-state index is 12.7. The predicted molar refractivity (Wildman–Crippen MR) is 156 cm³/mol. The molecule has 5 rings (SSSR count). The molecule has 0 aliphatic carbocycles. The molecule has 0 spiro atoms. The summed E-state index contributed by atoms with van der Waals surface area (Å²) in [4.78, 5) is 17.9. The number of carbonyl (C=O) groups is 1. The van der Waals surface area contributed by atoms with Gasteiger partial charge in [-0.15, -0.1) is 0 Å². The van der Waals surface area contributed by atoms with Crippen LogP contribution in [-0.2, 0) is 9.53 Å². The molecule has 3 aromatic carbocycles. The minimum Gasteiger partial charge on any atom is -0.506 e. The molecule has 1 aliphatic heterocycles. The smallest absolute Gasteiger partial charge is 0.344 e. The normalized spacial score (nSPS) is 15.8. The monoisotopic (exact) mass is 572 g/mol. The van der Waals surface area contributed by atoms with Crippen molar-refractivity contribution in [1.82, 2.24) is 4.57 Å². The molecule has 1 aromatic heterocycles. The van der Waals surface area contributed by atoms with Crippen LogP contribution in [0.2, 0.25) is 0 Å². The Hall–Kier alpha value is -3.55. The van der Waals surface area contributed by atoms with Gasteiger partial charge in [0.2, 0.25) is 0 Å². The first-order valence-corrected chi connectivity index (χ1v) is 13.5. The SMILES string of the molecule is CCOC(=O)C1=C(O)/C(=C/c2cc(C)n(-c3ccc(Br)c4ccccc34)c2C)SC1=Nc1ccccc1. The molecule has 4 aromatic rings. The average molecular weight is 574 g/mol. The molecule has 7 heteroatoms. The first-order valence-electron chi connectivity index (χ1n) is 11.9. The molecule has 0 saturated heterocycles. The number of halogens is 1. The molecule has 0 saturated carbocycles. The third-order valence-corrected chi connectivity index (χ3v) is 7.91. The summed E-state index contributed by atoms with van der Waals surface area (Å²) < 4.78 is 8.49. The van der Waals surface area contributed by atoms with Crippen molar-refractivity contribution in [2.75, 3.05) is 6.61 Å². The highest BCUT2D eigenvalue weighted by atomic mass is 79.9. The van der Waals surface area contributed by atoms with Crippen molar-refractivity contribution in [2.24, 2.45) is 4.99 Å². The number of carbonyl (C=O) groups excluding carboxylic acids is 1. The van der Waals surface area contributed by atoms with Gasteiger partial charge in [0.05, 0.1) is 22.9 Å². The second kappa shape index (κ2) is 10.4. The summed E-state index contributed by atoms with van der Waals surface area (Å²) >= 11 is 4.93. The Kier molecular flexibility index (Phi) is 7.09. The summed E-state index contributed by atoms with van der Waals surface area (Å²) in [5.41, 5.74) is 4.90. The number of fused-ring (bicyclic) bond motifs is 1. The highest BCUT2D eigenvalue weighted by Gasteiger charge is 2.33. The quantitative estimate of drug-likeness (QED) is 0.245. The summed E-state index contributed by atoms with van der Waals surface area (Å²) in [6.07, 6.45) is 1.91. The van der Waals surface area contributed by atoms with Crippen LogP contribution in [0.3, 0.4) is 0 Å². The van der Waals surface area contributed by atoms with E-state index in [1.807, 2.05) is 48.5 Å². The number of aromatic nitrogens is 1. The number of hydrogen-bond acceptors (Lipinski definition) is 5. The Morgan fingerprint density at radius 3 is 2.49 bits per heavy atom. The lowest BCUT2D eigenvalue weighted by atomic mass is 10.1. The number of aliphatic hydroxyl groups excluding tert-OH is 1. The first-order chi connectivity index (χ1) is 17.9. The fraction of sp³-hybridized carbons (Fsp3) is 0.133. The largest absolute Gasteiger partial charge is 0.506 e. The van der Waals surface area contributed by atoms with Gasteiger partial charge in [0.25, 0.3) is 0 Å². The minimum absolute atomic E-state index is 0.0923. The number of thioether (sulfide) groups is 1. The molecule has 0 atom stereocenters. The number of benzene rings is 3. The standard InChI is InChI=1S/C30H25BrN2O3S/c1-4-36-30(35)27-28(34)26(37-29(27)32-21-10-6-5-7-11-21)17-20-16-18(2)33(19(20)3)25-15-14-24(31)22-12-8-9-13-23(22)25/h5-17,34H,4H2,1-3H3/b26-17-,32-29?. The number of rotatable bonds is 5. The van der Waals surface area contributed by atoms with Crippen LogP contribution in [0.25, 0.3) is 22.5 Å². The lowest BCUT2D eigenvalue weighted by Gasteiger charge is -2.14. The van der Waals surface area contributed by atoms with Gasteiger partial charge in [-0.2, -0.15) is 0 Å². The van der Waals surface area contributed by atoms with E-state index < -0.39 is 5.97 Å². The fourth-order valence-corrected chi connectivity index (χ4v) is 6.00. The van der Waals surface area contributed by atoms with Crippen molar-refractivity contribution >= 4 is 61.2 Å². The Bertz CT molecular complexity index is 1620. The molecule has 37 heavy (non-hydrogen) atoms. The van der Waals surface area contributed by atoms with E-state index in [2.05, 4.69) is 69.7 Å². The van der Waals surface area contributed by atoms with Crippen LogP contribution >= 0.6 is 27.7 Å². The Labute approximate surface area is 228 Å². The average Bonchev–Trinajstić information content (AvgIpc) is 3.35. The maximum Gasteiger partial charge on any atom is 0.344 e. The van der Waals surface area contributed by atoms with Crippen LogP contribution in [-0.4, -0.2) is 27.3 Å². The number of hydrogen-bond donors (Lipinski definition) is 1. The zero-order valence-corrected chi connectivity index (χ0v) is 23.1. The van der Waals surface area contributed by atoms with Gasteiger partial charge in [0, 0.05) is 21.2 Å². The van der Waals surface area contributed by atoms with Crippen molar-refractivity contribution in [2.45, 2.75) is 20.8 Å². The molecule has 1 aliphatic rings. The maximum absolute atomic E-state index is 12.7. The van der Waals surface area contributed by atoms with E-state index in [-0.39, 0.29) is 17.9 Å². The fourth-order valence-electron chi connectivity index (χ4n) is 4.50. The van der Waals surface area contributed by atoms with E-state index in [1.165, 1.54) is 11.8 Å². The molecule has 186 valence electrons. The molecule has 0 amide bonds. The zero-order valence-electron chi connectivity index (χ0n) is 20.7. The van der Waals surface area contributed by atoms with Gasteiger partial charge in [-0.05, 0) is 68.1 Å². The lowest BCUT2D eigenvalue weighted by Crippen LogP contribution is -2.12. The van der Waals surface area contributed by atoms with Crippen LogP contribution in [0, 0.1) is 13.8 Å².